The molecule has 0 spiro atoms. The van der Waals surface area contributed by atoms with Crippen LogP contribution < -0.4 is 10.6 Å². The Labute approximate surface area is 178 Å². The Bertz CT molecular complexity index is 1200. The summed E-state index contributed by atoms with van der Waals surface area (Å²) in [4.78, 5) is 25.7. The van der Waals surface area contributed by atoms with E-state index in [9.17, 15) is 9.59 Å². The molecule has 2 aromatic heterocycles. The first-order valence-electron chi connectivity index (χ1n) is 9.41. The number of hydrogen-bond acceptors (Lipinski definition) is 4. The number of aromatic nitrogens is 2. The van der Waals surface area contributed by atoms with E-state index in [0.29, 0.717) is 21.8 Å². The van der Waals surface area contributed by atoms with Crippen LogP contribution >= 0.6 is 11.3 Å². The summed E-state index contributed by atoms with van der Waals surface area (Å²) in [5, 5.41) is 12.2. The number of aryl methyl sites for hydroxylation is 1. The molecule has 0 saturated heterocycles. The van der Waals surface area contributed by atoms with Crippen LogP contribution in [0.15, 0.2) is 72.1 Å². The minimum absolute atomic E-state index is 0.196. The van der Waals surface area contributed by atoms with Crippen molar-refractivity contribution in [2.75, 3.05) is 10.6 Å². The molecule has 0 radical (unpaired) electrons. The van der Waals surface area contributed by atoms with Gasteiger partial charge in [0.2, 0.25) is 0 Å². The van der Waals surface area contributed by atoms with E-state index in [-0.39, 0.29) is 11.8 Å². The molecule has 0 atom stereocenters. The van der Waals surface area contributed by atoms with E-state index in [1.165, 1.54) is 11.3 Å². The molecular formula is C23H20N4O2S. The summed E-state index contributed by atoms with van der Waals surface area (Å²) in [6.07, 6.45) is 0. The molecule has 150 valence electrons. The van der Waals surface area contributed by atoms with Crippen molar-refractivity contribution in [3.63, 3.8) is 0 Å². The van der Waals surface area contributed by atoms with Crippen molar-refractivity contribution >= 4 is 34.5 Å². The van der Waals surface area contributed by atoms with Crippen LogP contribution in [0.4, 0.5) is 11.4 Å². The van der Waals surface area contributed by atoms with E-state index in [2.05, 4.69) is 15.7 Å². The van der Waals surface area contributed by atoms with Crippen LogP contribution in [0.2, 0.25) is 0 Å². The molecule has 4 aromatic rings. The minimum Gasteiger partial charge on any atom is -0.321 e. The highest BCUT2D eigenvalue weighted by Gasteiger charge is 2.17. The van der Waals surface area contributed by atoms with E-state index >= 15 is 0 Å². The molecule has 6 nitrogen and oxygen atoms in total. The average molecular weight is 417 g/mol. The van der Waals surface area contributed by atoms with Crippen molar-refractivity contribution in [1.82, 2.24) is 9.78 Å². The largest absolute Gasteiger partial charge is 0.321 e. The van der Waals surface area contributed by atoms with E-state index in [4.69, 9.17) is 0 Å². The molecule has 2 N–H and O–H groups in total. The normalized spacial score (nSPS) is 10.6. The summed E-state index contributed by atoms with van der Waals surface area (Å²) in [6, 6.07) is 20.2. The third-order valence-corrected chi connectivity index (χ3v) is 5.53. The first-order valence-corrected chi connectivity index (χ1v) is 10.3. The number of nitrogens with zero attached hydrogens (tertiary/aromatic N) is 2. The van der Waals surface area contributed by atoms with Crippen molar-refractivity contribution in [2.24, 2.45) is 0 Å². The lowest BCUT2D eigenvalue weighted by Gasteiger charge is -2.09. The van der Waals surface area contributed by atoms with Crippen LogP contribution in [-0.2, 0) is 0 Å². The molecule has 0 saturated carbocycles. The Morgan fingerprint density at radius 1 is 0.900 bits per heavy atom. The number of thiophene rings is 1. The molecule has 2 amide bonds. The number of carbonyl (C=O) groups is 2. The molecule has 2 aromatic carbocycles. The number of nitrogens with one attached hydrogen (secondary N) is 2. The van der Waals surface area contributed by atoms with Crippen LogP contribution in [0.25, 0.3) is 5.69 Å². The summed E-state index contributed by atoms with van der Waals surface area (Å²) < 4.78 is 1.81. The molecule has 4 rings (SSSR count). The summed E-state index contributed by atoms with van der Waals surface area (Å²) in [7, 11) is 0. The van der Waals surface area contributed by atoms with Gasteiger partial charge in [0.15, 0.2) is 0 Å². The standard InChI is InChI=1S/C23H20N4O2S/c1-15-21(16(2)27(26-15)19-10-4-3-5-11-19)25-22(28)17-8-6-9-18(14-17)24-23(29)20-12-7-13-30-20/h3-14H,1-2H3,(H,24,29)(H,25,28). The fraction of sp³-hybridized carbons (Fsp3) is 0.0870. The fourth-order valence-corrected chi connectivity index (χ4v) is 3.79. The number of para-hydroxylation sites is 1. The van der Waals surface area contributed by atoms with E-state index in [0.717, 1.165) is 17.1 Å². The molecule has 0 aliphatic heterocycles. The van der Waals surface area contributed by atoms with Crippen LogP contribution in [0.1, 0.15) is 31.4 Å². The zero-order valence-electron chi connectivity index (χ0n) is 16.5. The Balaban J connectivity index is 1.53. The van der Waals surface area contributed by atoms with Gasteiger partial charge in [-0.2, -0.15) is 5.10 Å². The lowest BCUT2D eigenvalue weighted by atomic mass is 10.1. The van der Waals surface area contributed by atoms with Gasteiger partial charge in [-0.15, -0.1) is 11.3 Å². The van der Waals surface area contributed by atoms with Gasteiger partial charge in [0.25, 0.3) is 11.8 Å². The maximum Gasteiger partial charge on any atom is 0.265 e. The smallest absolute Gasteiger partial charge is 0.265 e. The number of hydrogen-bond donors (Lipinski definition) is 2. The Kier molecular flexibility index (Phi) is 5.45. The van der Waals surface area contributed by atoms with Crippen molar-refractivity contribution in [3.05, 3.63) is 93.9 Å². The van der Waals surface area contributed by atoms with Gasteiger partial charge in [0.1, 0.15) is 0 Å². The number of amides is 2. The monoisotopic (exact) mass is 416 g/mol. The second kappa shape index (κ2) is 8.34. The first-order chi connectivity index (χ1) is 14.5. The predicted octanol–water partition coefficient (Wildman–Crippen LogP) is 5.06. The number of rotatable bonds is 5. The summed E-state index contributed by atoms with van der Waals surface area (Å²) in [5.41, 5.74) is 4.19. The highest BCUT2D eigenvalue weighted by Crippen LogP contribution is 2.24. The third kappa shape index (κ3) is 4.01. The third-order valence-electron chi connectivity index (χ3n) is 4.66. The van der Waals surface area contributed by atoms with Crippen LogP contribution in [0, 0.1) is 13.8 Å². The maximum atomic E-state index is 12.9. The predicted molar refractivity (Wildman–Crippen MR) is 120 cm³/mol. The van der Waals surface area contributed by atoms with Gasteiger partial charge in [-0.1, -0.05) is 30.3 Å². The van der Waals surface area contributed by atoms with Gasteiger partial charge in [0.05, 0.1) is 27.6 Å². The van der Waals surface area contributed by atoms with Crippen molar-refractivity contribution in [2.45, 2.75) is 13.8 Å². The average Bonchev–Trinajstić information content (AvgIpc) is 3.39. The van der Waals surface area contributed by atoms with Crippen LogP contribution in [0.3, 0.4) is 0 Å². The molecule has 0 bridgehead atoms. The van der Waals surface area contributed by atoms with Gasteiger partial charge in [0, 0.05) is 11.3 Å². The van der Waals surface area contributed by atoms with Gasteiger partial charge < -0.3 is 10.6 Å². The quantitative estimate of drug-likeness (QED) is 0.478. The van der Waals surface area contributed by atoms with Gasteiger partial charge in [-0.05, 0) is 55.6 Å². The molecule has 0 aliphatic rings. The molecule has 30 heavy (non-hydrogen) atoms. The molecule has 2 heterocycles. The lowest BCUT2D eigenvalue weighted by molar-refractivity contribution is 0.101. The summed E-state index contributed by atoms with van der Waals surface area (Å²) in [5.74, 6) is -0.459. The zero-order valence-corrected chi connectivity index (χ0v) is 17.4. The number of carbonyl (C=O) groups excluding carboxylic acids is 2. The first kappa shape index (κ1) is 19.6. The zero-order chi connectivity index (χ0) is 21.1. The van der Waals surface area contributed by atoms with Crippen LogP contribution in [-0.4, -0.2) is 21.6 Å². The van der Waals surface area contributed by atoms with Crippen molar-refractivity contribution < 1.29 is 9.59 Å². The van der Waals surface area contributed by atoms with Gasteiger partial charge in [-0.25, -0.2) is 4.68 Å². The Morgan fingerprint density at radius 2 is 1.70 bits per heavy atom. The van der Waals surface area contributed by atoms with Crippen LogP contribution in [0.5, 0.6) is 0 Å². The highest BCUT2D eigenvalue weighted by molar-refractivity contribution is 7.12. The molecule has 0 unspecified atom stereocenters. The Morgan fingerprint density at radius 3 is 2.43 bits per heavy atom. The maximum absolute atomic E-state index is 12.9. The van der Waals surface area contributed by atoms with E-state index in [1.807, 2.05) is 60.3 Å². The Hall–Kier alpha value is -3.71. The van der Waals surface area contributed by atoms with E-state index < -0.39 is 0 Å². The molecule has 7 heteroatoms. The van der Waals surface area contributed by atoms with E-state index in [1.54, 1.807) is 30.3 Å². The SMILES string of the molecule is Cc1nn(-c2ccccc2)c(C)c1NC(=O)c1cccc(NC(=O)c2cccs2)c1. The summed E-state index contributed by atoms with van der Waals surface area (Å²) >= 11 is 1.37. The molecule has 0 aliphatic carbocycles. The number of benzene rings is 2. The topological polar surface area (TPSA) is 76.0 Å². The second-order valence-electron chi connectivity index (χ2n) is 6.76. The van der Waals surface area contributed by atoms with Gasteiger partial charge in [-0.3, -0.25) is 9.59 Å². The minimum atomic E-state index is -0.263. The highest BCUT2D eigenvalue weighted by atomic mass is 32.1. The molecular weight excluding hydrogens is 396 g/mol. The van der Waals surface area contributed by atoms with Gasteiger partial charge >= 0.3 is 0 Å². The fourth-order valence-electron chi connectivity index (χ4n) is 3.17. The lowest BCUT2D eigenvalue weighted by Crippen LogP contribution is -2.15. The van der Waals surface area contributed by atoms with Crippen molar-refractivity contribution in [1.29, 1.82) is 0 Å². The second-order valence-corrected chi connectivity index (χ2v) is 7.71. The van der Waals surface area contributed by atoms with Crippen molar-refractivity contribution in [3.8, 4) is 5.69 Å². The molecule has 0 fully saturated rings. The number of anilines is 2. The summed E-state index contributed by atoms with van der Waals surface area (Å²) in [6.45, 7) is 3.78.